The second-order valence-electron chi connectivity index (χ2n) is 3.39. The lowest BCUT2D eigenvalue weighted by Gasteiger charge is -2.08. The zero-order valence-corrected chi connectivity index (χ0v) is 10.3. The molecular formula is C11H8BrF2NO2. The van der Waals surface area contributed by atoms with Gasteiger partial charge in [-0.2, -0.15) is 0 Å². The highest BCUT2D eigenvalue weighted by Gasteiger charge is 2.14. The molecule has 3 nitrogen and oxygen atoms in total. The minimum Gasteiger partial charge on any atom is -0.495 e. The number of hydrogen-bond acceptors (Lipinski definition) is 2. The van der Waals surface area contributed by atoms with Crippen LogP contribution < -0.4 is 10.2 Å². The summed E-state index contributed by atoms with van der Waals surface area (Å²) in [5, 5.41) is 0.300. The lowest BCUT2D eigenvalue weighted by molar-refractivity contribution is 0.146. The van der Waals surface area contributed by atoms with Gasteiger partial charge in [0.1, 0.15) is 5.75 Å². The maximum absolute atomic E-state index is 12.6. The average molecular weight is 304 g/mol. The normalized spacial score (nSPS) is 11.1. The fourth-order valence-electron chi connectivity index (χ4n) is 1.60. The molecule has 0 amide bonds. The van der Waals surface area contributed by atoms with Gasteiger partial charge in [-0.1, -0.05) is 0 Å². The van der Waals surface area contributed by atoms with Gasteiger partial charge in [-0.05, 0) is 28.1 Å². The van der Waals surface area contributed by atoms with Crippen molar-refractivity contribution in [3.63, 3.8) is 0 Å². The van der Waals surface area contributed by atoms with E-state index in [0.29, 0.717) is 15.6 Å². The minimum atomic E-state index is -2.73. The van der Waals surface area contributed by atoms with E-state index in [1.54, 1.807) is 12.1 Å². The molecule has 0 spiro atoms. The van der Waals surface area contributed by atoms with E-state index < -0.39 is 17.5 Å². The molecule has 1 heterocycles. The first-order valence-electron chi connectivity index (χ1n) is 4.72. The highest BCUT2D eigenvalue weighted by atomic mass is 79.9. The summed E-state index contributed by atoms with van der Waals surface area (Å²) in [5.41, 5.74) is -0.622. The Kier molecular flexibility index (Phi) is 3.15. The van der Waals surface area contributed by atoms with Crippen molar-refractivity contribution in [1.82, 2.24) is 4.98 Å². The van der Waals surface area contributed by atoms with Crippen molar-refractivity contribution in [3.05, 3.63) is 38.6 Å². The molecule has 0 saturated heterocycles. The fourth-order valence-corrected chi connectivity index (χ4v) is 2.13. The van der Waals surface area contributed by atoms with E-state index in [-0.39, 0.29) is 5.52 Å². The number of halogens is 3. The molecule has 0 bridgehead atoms. The highest BCUT2D eigenvalue weighted by Crippen LogP contribution is 2.29. The molecule has 2 aromatic rings. The number of pyridine rings is 1. The molecule has 0 radical (unpaired) electrons. The molecule has 0 aliphatic rings. The van der Waals surface area contributed by atoms with Crippen molar-refractivity contribution in [2.24, 2.45) is 0 Å². The third kappa shape index (κ3) is 2.04. The third-order valence-electron chi connectivity index (χ3n) is 2.37. The van der Waals surface area contributed by atoms with Gasteiger partial charge >= 0.3 is 0 Å². The summed E-state index contributed by atoms with van der Waals surface area (Å²) in [6.07, 6.45) is -2.73. The van der Waals surface area contributed by atoms with Crippen molar-refractivity contribution < 1.29 is 13.5 Å². The molecule has 0 aliphatic heterocycles. The zero-order valence-electron chi connectivity index (χ0n) is 8.76. The number of ether oxygens (including phenoxy) is 1. The number of hydrogen-bond donors (Lipinski definition) is 1. The highest BCUT2D eigenvalue weighted by molar-refractivity contribution is 9.10. The quantitative estimate of drug-likeness (QED) is 0.925. The van der Waals surface area contributed by atoms with E-state index in [9.17, 15) is 13.6 Å². The van der Waals surface area contributed by atoms with Gasteiger partial charge in [-0.3, -0.25) is 4.79 Å². The Morgan fingerprint density at radius 3 is 2.71 bits per heavy atom. The average Bonchev–Trinajstić information content (AvgIpc) is 2.28. The molecule has 90 valence electrons. The summed E-state index contributed by atoms with van der Waals surface area (Å²) in [6, 6.07) is 4.13. The summed E-state index contributed by atoms with van der Waals surface area (Å²) >= 11 is 3.21. The van der Waals surface area contributed by atoms with Crippen LogP contribution in [0.1, 0.15) is 12.1 Å². The van der Waals surface area contributed by atoms with Crippen molar-refractivity contribution in [2.75, 3.05) is 7.11 Å². The van der Waals surface area contributed by atoms with Crippen LogP contribution in [-0.4, -0.2) is 12.1 Å². The number of rotatable bonds is 2. The van der Waals surface area contributed by atoms with E-state index in [2.05, 4.69) is 20.9 Å². The number of aromatic nitrogens is 1. The molecule has 0 unspecified atom stereocenters. The van der Waals surface area contributed by atoms with Gasteiger partial charge in [0.05, 0.1) is 23.7 Å². The molecule has 1 N–H and O–H groups in total. The van der Waals surface area contributed by atoms with Crippen LogP contribution in [0.4, 0.5) is 8.78 Å². The Morgan fingerprint density at radius 1 is 1.41 bits per heavy atom. The molecular weight excluding hydrogens is 296 g/mol. The minimum absolute atomic E-state index is 0.268. The molecule has 0 atom stereocenters. The predicted octanol–water partition coefficient (Wildman–Crippen LogP) is 3.24. The van der Waals surface area contributed by atoms with Gasteiger partial charge in [-0.15, -0.1) is 0 Å². The molecule has 6 heteroatoms. The van der Waals surface area contributed by atoms with Crippen molar-refractivity contribution >= 4 is 26.8 Å². The first-order valence-corrected chi connectivity index (χ1v) is 5.51. The summed E-state index contributed by atoms with van der Waals surface area (Å²) in [7, 11) is 1.41. The summed E-state index contributed by atoms with van der Waals surface area (Å²) < 4.78 is 30.8. The van der Waals surface area contributed by atoms with Crippen LogP contribution in [-0.2, 0) is 0 Å². The number of alkyl halides is 2. The second kappa shape index (κ2) is 4.44. The topological polar surface area (TPSA) is 42.1 Å². The van der Waals surface area contributed by atoms with E-state index >= 15 is 0 Å². The lowest BCUT2D eigenvalue weighted by atomic mass is 10.2. The fraction of sp³-hybridized carbons (Fsp3) is 0.182. The lowest BCUT2D eigenvalue weighted by Crippen LogP contribution is -2.07. The van der Waals surface area contributed by atoms with Gasteiger partial charge in [0, 0.05) is 10.5 Å². The number of methoxy groups -OCH3 is 1. The molecule has 1 aromatic carbocycles. The number of nitrogens with one attached hydrogen (secondary N) is 1. The van der Waals surface area contributed by atoms with Crippen LogP contribution >= 0.6 is 15.9 Å². The van der Waals surface area contributed by atoms with Crippen LogP contribution in [0.25, 0.3) is 10.9 Å². The maximum atomic E-state index is 12.6. The van der Waals surface area contributed by atoms with Crippen molar-refractivity contribution in [1.29, 1.82) is 0 Å². The first kappa shape index (κ1) is 12.0. The molecule has 0 fully saturated rings. The Labute approximate surface area is 104 Å². The largest absolute Gasteiger partial charge is 0.495 e. The Hall–Kier alpha value is -1.43. The Bertz CT molecular complexity index is 625. The summed E-state index contributed by atoms with van der Waals surface area (Å²) in [4.78, 5) is 14.3. The van der Waals surface area contributed by atoms with Crippen LogP contribution in [0.3, 0.4) is 0 Å². The third-order valence-corrected chi connectivity index (χ3v) is 3.03. The van der Waals surface area contributed by atoms with Gasteiger partial charge in [0.25, 0.3) is 6.43 Å². The van der Waals surface area contributed by atoms with Crippen molar-refractivity contribution in [3.8, 4) is 5.75 Å². The summed E-state index contributed by atoms with van der Waals surface area (Å²) in [5.74, 6) is 0.350. The van der Waals surface area contributed by atoms with E-state index in [1.807, 2.05) is 0 Å². The Balaban J connectivity index is 2.90. The van der Waals surface area contributed by atoms with Gasteiger partial charge in [0.15, 0.2) is 5.43 Å². The van der Waals surface area contributed by atoms with E-state index in [4.69, 9.17) is 4.74 Å². The van der Waals surface area contributed by atoms with E-state index in [1.165, 1.54) is 7.11 Å². The first-order chi connectivity index (χ1) is 8.04. The van der Waals surface area contributed by atoms with Gasteiger partial charge in [-0.25, -0.2) is 8.78 Å². The molecule has 1 aromatic heterocycles. The molecule has 0 saturated carbocycles. The SMILES string of the molecule is COc1ccc(Br)c2c(=O)cc(C(F)F)[nH]c12. The predicted molar refractivity (Wildman–Crippen MR) is 63.8 cm³/mol. The number of benzene rings is 1. The van der Waals surface area contributed by atoms with Crippen LogP contribution in [0.15, 0.2) is 27.5 Å². The van der Waals surface area contributed by atoms with Crippen LogP contribution in [0.5, 0.6) is 5.75 Å². The van der Waals surface area contributed by atoms with Crippen LogP contribution in [0, 0.1) is 0 Å². The molecule has 2 rings (SSSR count). The second-order valence-corrected chi connectivity index (χ2v) is 4.24. The molecule has 0 aliphatic carbocycles. The zero-order chi connectivity index (χ0) is 12.6. The smallest absolute Gasteiger partial charge is 0.278 e. The number of H-pyrrole nitrogens is 1. The van der Waals surface area contributed by atoms with Gasteiger partial charge < -0.3 is 9.72 Å². The maximum Gasteiger partial charge on any atom is 0.278 e. The van der Waals surface area contributed by atoms with Gasteiger partial charge in [0.2, 0.25) is 0 Å². The monoisotopic (exact) mass is 303 g/mol. The van der Waals surface area contributed by atoms with E-state index in [0.717, 1.165) is 6.07 Å². The van der Waals surface area contributed by atoms with Crippen LogP contribution in [0.2, 0.25) is 0 Å². The Morgan fingerprint density at radius 2 is 2.12 bits per heavy atom. The van der Waals surface area contributed by atoms with Crippen molar-refractivity contribution in [2.45, 2.75) is 6.43 Å². The standard InChI is InChI=1S/C11H8BrF2NO2/c1-17-8-3-2-5(12)9-7(16)4-6(11(13)14)15-10(8)9/h2-4,11H,1H3,(H,15,16). The summed E-state index contributed by atoms with van der Waals surface area (Å²) in [6.45, 7) is 0. The number of fused-ring (bicyclic) bond motifs is 1. The number of aromatic amines is 1. The molecule has 17 heavy (non-hydrogen) atoms.